The van der Waals surface area contributed by atoms with Crippen LogP contribution in [-0.4, -0.2) is 41.0 Å². The highest BCUT2D eigenvalue weighted by Crippen LogP contribution is 2.50. The van der Waals surface area contributed by atoms with Gasteiger partial charge in [-0.25, -0.2) is 8.78 Å². The summed E-state index contributed by atoms with van der Waals surface area (Å²) in [4.78, 5) is 13.6. The van der Waals surface area contributed by atoms with E-state index in [9.17, 15) is 27.5 Å². The number of piperidine rings is 1. The van der Waals surface area contributed by atoms with Gasteiger partial charge in [0.25, 0.3) is 0 Å². The first-order chi connectivity index (χ1) is 17.9. The first-order valence-electron chi connectivity index (χ1n) is 12.9. The maximum atomic E-state index is 15.9. The number of carboxylic acids is 1. The van der Waals surface area contributed by atoms with Gasteiger partial charge in [-0.3, -0.25) is 9.69 Å². The third-order valence-electron chi connectivity index (χ3n) is 8.20. The van der Waals surface area contributed by atoms with E-state index in [4.69, 9.17) is 4.74 Å². The van der Waals surface area contributed by atoms with Crippen molar-refractivity contribution in [2.75, 3.05) is 13.1 Å². The van der Waals surface area contributed by atoms with E-state index < -0.39 is 47.2 Å². The summed E-state index contributed by atoms with van der Waals surface area (Å²) in [5, 5.41) is 9.59. The predicted octanol–water partition coefficient (Wildman–Crippen LogP) is 6.44. The topological polar surface area (TPSA) is 59.0 Å². The lowest BCUT2D eigenvalue weighted by Gasteiger charge is -2.45. The quantitative estimate of drug-likeness (QED) is 0.411. The molecule has 206 valence electrons. The van der Waals surface area contributed by atoms with Gasteiger partial charge in [-0.2, -0.15) is 0 Å². The van der Waals surface area contributed by atoms with Gasteiger partial charge in [0, 0.05) is 31.1 Å². The SMILES string of the molecule is CC(C(=O)O)C(c1ccc2c(c1F)OC1(CC2)CCN(Cc2cc(F)ccc2OC(F)(F)F)CC1)C1CC1. The Morgan fingerprint density at radius 1 is 1.16 bits per heavy atom. The normalized spacial score (nSPS) is 20.9. The van der Waals surface area contributed by atoms with Crippen LogP contribution in [0.2, 0.25) is 0 Å². The molecule has 0 amide bonds. The van der Waals surface area contributed by atoms with Crippen LogP contribution < -0.4 is 9.47 Å². The summed E-state index contributed by atoms with van der Waals surface area (Å²) in [7, 11) is 0. The Morgan fingerprint density at radius 3 is 2.50 bits per heavy atom. The standard InChI is InChI=1S/C28H30F5NO4/c1-16(26(35)36)23(17-2-3-17)21-6-4-18-8-9-27(38-25(18)24(21)30)10-12-34(13-11-27)15-19-14-20(29)5-7-22(19)37-28(31,32)33/h4-7,14,16-17,23H,2-3,8-13,15H2,1H3,(H,35,36). The molecule has 5 nitrogen and oxygen atoms in total. The molecule has 0 bridgehead atoms. The Bertz CT molecular complexity index is 1200. The summed E-state index contributed by atoms with van der Waals surface area (Å²) in [6, 6.07) is 6.50. The molecule has 2 heterocycles. The van der Waals surface area contributed by atoms with Crippen LogP contribution in [0.4, 0.5) is 22.0 Å². The molecular formula is C28H30F5NO4. The minimum absolute atomic E-state index is 0.0739. The molecule has 1 N–H and O–H groups in total. The number of carbonyl (C=O) groups is 1. The summed E-state index contributed by atoms with van der Waals surface area (Å²) >= 11 is 0. The van der Waals surface area contributed by atoms with Gasteiger partial charge in [0.05, 0.1) is 5.92 Å². The summed E-state index contributed by atoms with van der Waals surface area (Å²) in [5.74, 6) is -3.32. The van der Waals surface area contributed by atoms with Crippen LogP contribution in [0.15, 0.2) is 30.3 Å². The molecule has 2 atom stereocenters. The molecule has 1 saturated heterocycles. The molecule has 2 unspecified atom stereocenters. The smallest absolute Gasteiger partial charge is 0.484 e. The van der Waals surface area contributed by atoms with Crippen molar-refractivity contribution in [2.45, 2.75) is 69.9 Å². The highest BCUT2D eigenvalue weighted by atomic mass is 19.4. The Kier molecular flexibility index (Phi) is 7.04. The molecule has 5 rings (SSSR count). The van der Waals surface area contributed by atoms with Gasteiger partial charge in [-0.05, 0) is 73.8 Å². The number of carboxylic acid groups (broad SMARTS) is 1. The van der Waals surface area contributed by atoms with Crippen molar-refractivity contribution in [3.05, 3.63) is 58.7 Å². The second-order valence-electron chi connectivity index (χ2n) is 10.8. The third-order valence-corrected chi connectivity index (χ3v) is 8.20. The maximum Gasteiger partial charge on any atom is 0.573 e. The van der Waals surface area contributed by atoms with E-state index in [1.807, 2.05) is 11.0 Å². The van der Waals surface area contributed by atoms with Gasteiger partial charge >= 0.3 is 12.3 Å². The molecule has 0 aromatic heterocycles. The molecular weight excluding hydrogens is 509 g/mol. The lowest BCUT2D eigenvalue weighted by atomic mass is 9.80. The van der Waals surface area contributed by atoms with Gasteiger partial charge < -0.3 is 14.6 Å². The van der Waals surface area contributed by atoms with Gasteiger partial charge in [-0.15, -0.1) is 13.2 Å². The van der Waals surface area contributed by atoms with Crippen LogP contribution in [0.1, 0.15) is 61.6 Å². The third kappa shape index (κ3) is 5.60. The number of halogens is 5. The largest absolute Gasteiger partial charge is 0.573 e. The zero-order valence-corrected chi connectivity index (χ0v) is 21.0. The molecule has 1 aliphatic carbocycles. The maximum absolute atomic E-state index is 15.9. The van der Waals surface area contributed by atoms with Crippen LogP contribution in [0.3, 0.4) is 0 Å². The zero-order chi connectivity index (χ0) is 27.2. The van der Waals surface area contributed by atoms with E-state index in [2.05, 4.69) is 4.74 Å². The summed E-state index contributed by atoms with van der Waals surface area (Å²) in [5.41, 5.74) is 0.621. The predicted molar refractivity (Wildman–Crippen MR) is 128 cm³/mol. The first kappa shape index (κ1) is 26.7. The summed E-state index contributed by atoms with van der Waals surface area (Å²) in [6.45, 7) is 2.63. The number of aryl methyl sites for hydroxylation is 1. The summed E-state index contributed by atoms with van der Waals surface area (Å²) in [6.07, 6.45) is -0.793. The van der Waals surface area contributed by atoms with E-state index in [1.54, 1.807) is 13.0 Å². The van der Waals surface area contributed by atoms with Crippen molar-refractivity contribution in [2.24, 2.45) is 11.8 Å². The number of hydrogen-bond donors (Lipinski definition) is 1. The molecule has 2 aromatic rings. The van der Waals surface area contributed by atoms with Crippen molar-refractivity contribution in [3.8, 4) is 11.5 Å². The summed E-state index contributed by atoms with van der Waals surface area (Å²) < 4.78 is 78.5. The van der Waals surface area contributed by atoms with Crippen molar-refractivity contribution in [1.29, 1.82) is 0 Å². The average molecular weight is 540 g/mol. The zero-order valence-electron chi connectivity index (χ0n) is 21.0. The van der Waals surface area contributed by atoms with E-state index in [-0.39, 0.29) is 23.8 Å². The lowest BCUT2D eigenvalue weighted by molar-refractivity contribution is -0.275. The van der Waals surface area contributed by atoms with Gasteiger partial charge in [0.1, 0.15) is 17.2 Å². The Hall–Kier alpha value is -2.88. The van der Waals surface area contributed by atoms with Gasteiger partial charge in [0.2, 0.25) is 0 Å². The number of rotatable bonds is 7. The highest BCUT2D eigenvalue weighted by Gasteiger charge is 2.44. The molecule has 3 aliphatic rings. The Balaban J connectivity index is 1.30. The van der Waals surface area contributed by atoms with E-state index in [1.165, 1.54) is 0 Å². The number of benzene rings is 2. The van der Waals surface area contributed by atoms with E-state index in [0.717, 1.165) is 36.6 Å². The van der Waals surface area contributed by atoms with Crippen LogP contribution in [0.25, 0.3) is 0 Å². The fraction of sp³-hybridized carbons (Fsp3) is 0.536. The molecule has 38 heavy (non-hydrogen) atoms. The van der Waals surface area contributed by atoms with E-state index in [0.29, 0.717) is 44.3 Å². The van der Waals surface area contributed by atoms with Gasteiger partial charge in [0.15, 0.2) is 11.6 Å². The first-order valence-corrected chi connectivity index (χ1v) is 12.9. The van der Waals surface area contributed by atoms with Gasteiger partial charge in [-0.1, -0.05) is 19.1 Å². The molecule has 2 aromatic carbocycles. The number of fused-ring (bicyclic) bond motifs is 1. The van der Waals surface area contributed by atoms with Crippen molar-refractivity contribution < 1.29 is 41.3 Å². The molecule has 0 radical (unpaired) electrons. The molecule has 1 saturated carbocycles. The van der Waals surface area contributed by atoms with Crippen LogP contribution in [0, 0.1) is 23.5 Å². The Labute approximate surface area is 217 Å². The minimum Gasteiger partial charge on any atom is -0.484 e. The van der Waals surface area contributed by atoms with Crippen molar-refractivity contribution in [1.82, 2.24) is 4.90 Å². The highest BCUT2D eigenvalue weighted by molar-refractivity contribution is 5.71. The average Bonchev–Trinajstić information content (AvgIpc) is 3.69. The Morgan fingerprint density at radius 2 is 1.87 bits per heavy atom. The number of nitrogens with zero attached hydrogens (tertiary/aromatic N) is 1. The van der Waals surface area contributed by atoms with Crippen LogP contribution >= 0.6 is 0 Å². The molecule has 2 aliphatic heterocycles. The molecule has 2 fully saturated rings. The minimum atomic E-state index is -4.88. The van der Waals surface area contributed by atoms with Crippen LogP contribution in [-0.2, 0) is 17.8 Å². The molecule has 1 spiro atoms. The lowest BCUT2D eigenvalue weighted by Crippen LogP contribution is -2.49. The monoisotopic (exact) mass is 539 g/mol. The van der Waals surface area contributed by atoms with Crippen molar-refractivity contribution in [3.63, 3.8) is 0 Å². The van der Waals surface area contributed by atoms with Crippen LogP contribution in [0.5, 0.6) is 11.5 Å². The number of aliphatic carboxylic acids is 1. The number of ether oxygens (including phenoxy) is 2. The number of hydrogen-bond acceptors (Lipinski definition) is 4. The fourth-order valence-corrected chi connectivity index (χ4v) is 5.95. The number of alkyl halides is 3. The number of likely N-dealkylation sites (tertiary alicyclic amines) is 1. The second kappa shape index (κ2) is 10.0. The van der Waals surface area contributed by atoms with E-state index >= 15 is 4.39 Å². The fourth-order valence-electron chi connectivity index (χ4n) is 5.95. The molecule has 10 heteroatoms. The second-order valence-corrected chi connectivity index (χ2v) is 10.8. The van der Waals surface area contributed by atoms with Crippen molar-refractivity contribution >= 4 is 5.97 Å².